The summed E-state index contributed by atoms with van der Waals surface area (Å²) in [6.07, 6.45) is 0.901. The Morgan fingerprint density at radius 1 is 1.42 bits per heavy atom. The van der Waals surface area contributed by atoms with Crippen LogP contribution in [0.1, 0.15) is 6.92 Å². The van der Waals surface area contributed by atoms with Crippen molar-refractivity contribution in [2.75, 3.05) is 6.26 Å². The van der Waals surface area contributed by atoms with Crippen LogP contribution in [-0.2, 0) is 14.6 Å². The quantitative estimate of drug-likeness (QED) is 0.564. The Bertz CT molecular complexity index is 295. The van der Waals surface area contributed by atoms with Gasteiger partial charge in [-0.3, -0.25) is 10.1 Å². The van der Waals surface area contributed by atoms with Gasteiger partial charge >= 0.3 is 6.03 Å². The highest BCUT2D eigenvalue weighted by Gasteiger charge is 2.24. The molecule has 12 heavy (non-hydrogen) atoms. The summed E-state index contributed by atoms with van der Waals surface area (Å²) in [5, 5.41) is 0.411. The van der Waals surface area contributed by atoms with Crippen LogP contribution in [0.2, 0.25) is 0 Å². The maximum atomic E-state index is 10.8. The van der Waals surface area contributed by atoms with E-state index in [-0.39, 0.29) is 0 Å². The van der Waals surface area contributed by atoms with Gasteiger partial charge in [0.15, 0.2) is 9.84 Å². The molecule has 0 aromatic rings. The molecule has 0 aromatic heterocycles. The average Bonchev–Trinajstić information content (AvgIpc) is 1.82. The topological polar surface area (TPSA) is 106 Å². The minimum Gasteiger partial charge on any atom is -0.351 e. The summed E-state index contributed by atoms with van der Waals surface area (Å²) in [5.41, 5.74) is 4.61. The number of hydrogen-bond donors (Lipinski definition) is 2. The lowest BCUT2D eigenvalue weighted by Gasteiger charge is -2.06. The van der Waals surface area contributed by atoms with Crippen LogP contribution in [0.15, 0.2) is 0 Å². The summed E-state index contributed by atoms with van der Waals surface area (Å²) in [6.45, 7) is 1.17. The maximum Gasteiger partial charge on any atom is 0.318 e. The zero-order chi connectivity index (χ0) is 9.94. The Kier molecular flexibility index (Phi) is 3.20. The van der Waals surface area contributed by atoms with E-state index in [2.05, 4.69) is 5.73 Å². The Hall–Kier alpha value is -1.11. The van der Waals surface area contributed by atoms with E-state index in [1.807, 2.05) is 0 Å². The molecule has 0 radical (unpaired) electrons. The normalized spacial score (nSPS) is 13.5. The molecule has 3 amide bonds. The molecule has 3 N–H and O–H groups in total. The molecule has 1 atom stereocenters. The van der Waals surface area contributed by atoms with E-state index in [1.165, 1.54) is 6.92 Å². The number of nitrogens with one attached hydrogen (secondary N) is 1. The third-order valence-electron chi connectivity index (χ3n) is 1.26. The fraction of sp³-hybridized carbons (Fsp3) is 0.600. The minimum absolute atomic E-state index is 0.901. The molecule has 0 saturated heterocycles. The number of carbonyl (C=O) groups excluding carboxylic acids is 2. The molecule has 0 rings (SSSR count). The summed E-state index contributed by atoms with van der Waals surface area (Å²) in [4.78, 5) is 20.9. The average molecular weight is 194 g/mol. The smallest absolute Gasteiger partial charge is 0.318 e. The number of nitrogens with two attached hydrogens (primary N) is 1. The molecule has 0 aliphatic carbocycles. The van der Waals surface area contributed by atoms with Crippen molar-refractivity contribution in [1.82, 2.24) is 5.32 Å². The van der Waals surface area contributed by atoms with Crippen molar-refractivity contribution >= 4 is 21.8 Å². The zero-order valence-corrected chi connectivity index (χ0v) is 7.51. The zero-order valence-electron chi connectivity index (χ0n) is 6.70. The lowest BCUT2D eigenvalue weighted by atomic mass is 10.4. The van der Waals surface area contributed by atoms with E-state index in [0.29, 0.717) is 0 Å². The Labute approximate surface area is 70.0 Å². The Balaban J connectivity index is 4.42. The first-order valence-electron chi connectivity index (χ1n) is 3.04. The molecule has 0 fully saturated rings. The third-order valence-corrected chi connectivity index (χ3v) is 2.76. The maximum absolute atomic E-state index is 10.8. The second kappa shape index (κ2) is 3.53. The SMILES string of the molecule is CC(C(=O)NC(N)=O)S(C)(=O)=O. The largest absolute Gasteiger partial charge is 0.351 e. The lowest BCUT2D eigenvalue weighted by molar-refractivity contribution is -0.119. The highest BCUT2D eigenvalue weighted by Crippen LogP contribution is 1.96. The molecule has 0 saturated carbocycles. The second-order valence-corrected chi connectivity index (χ2v) is 4.69. The number of primary amides is 1. The summed E-state index contributed by atoms with van der Waals surface area (Å²) < 4.78 is 21.5. The van der Waals surface area contributed by atoms with Gasteiger partial charge in [-0.15, -0.1) is 0 Å². The van der Waals surface area contributed by atoms with Gasteiger partial charge in [-0.1, -0.05) is 0 Å². The van der Waals surface area contributed by atoms with Gasteiger partial charge in [0, 0.05) is 6.26 Å². The number of sulfone groups is 1. The fourth-order valence-electron chi connectivity index (χ4n) is 0.417. The van der Waals surface area contributed by atoms with Crippen LogP contribution in [0.4, 0.5) is 4.79 Å². The molecule has 70 valence electrons. The number of hydrogen-bond acceptors (Lipinski definition) is 4. The number of carbonyl (C=O) groups is 2. The molecule has 1 unspecified atom stereocenters. The molecule has 0 spiro atoms. The van der Waals surface area contributed by atoms with Crippen molar-refractivity contribution in [3.8, 4) is 0 Å². The van der Waals surface area contributed by atoms with Crippen molar-refractivity contribution in [3.63, 3.8) is 0 Å². The first-order chi connectivity index (χ1) is 5.25. The van der Waals surface area contributed by atoms with Gasteiger partial charge in [0.1, 0.15) is 5.25 Å². The molecule has 6 nitrogen and oxygen atoms in total. The monoisotopic (exact) mass is 194 g/mol. The van der Waals surface area contributed by atoms with Crippen molar-refractivity contribution in [1.29, 1.82) is 0 Å². The van der Waals surface area contributed by atoms with E-state index in [4.69, 9.17) is 0 Å². The molecule has 7 heteroatoms. The van der Waals surface area contributed by atoms with Crippen molar-refractivity contribution in [2.24, 2.45) is 5.73 Å². The van der Waals surface area contributed by atoms with Crippen LogP contribution in [-0.4, -0.2) is 31.9 Å². The Morgan fingerprint density at radius 3 is 2.08 bits per heavy atom. The number of rotatable bonds is 2. The van der Waals surface area contributed by atoms with Crippen LogP contribution < -0.4 is 11.1 Å². The highest BCUT2D eigenvalue weighted by atomic mass is 32.2. The van der Waals surface area contributed by atoms with Crippen LogP contribution in [0.5, 0.6) is 0 Å². The predicted octanol–water partition coefficient (Wildman–Crippen LogP) is -1.39. The van der Waals surface area contributed by atoms with Gasteiger partial charge in [0.25, 0.3) is 0 Å². The molecule has 0 aliphatic heterocycles. The van der Waals surface area contributed by atoms with E-state index >= 15 is 0 Å². The standard InChI is InChI=1S/C5H10N2O4S/c1-3(12(2,10)11)4(8)7-5(6)9/h3H,1-2H3,(H3,6,7,8,9). The minimum atomic E-state index is -3.47. The van der Waals surface area contributed by atoms with Gasteiger partial charge in [-0.2, -0.15) is 0 Å². The van der Waals surface area contributed by atoms with Gasteiger partial charge in [0.05, 0.1) is 0 Å². The second-order valence-electron chi connectivity index (χ2n) is 2.33. The summed E-state index contributed by atoms with van der Waals surface area (Å²) in [5.74, 6) is -0.912. The van der Waals surface area contributed by atoms with Gasteiger partial charge in [-0.05, 0) is 6.92 Å². The number of urea groups is 1. The molecular formula is C5H10N2O4S. The first kappa shape index (κ1) is 10.9. The van der Waals surface area contributed by atoms with Crippen LogP contribution in [0.25, 0.3) is 0 Å². The predicted molar refractivity (Wildman–Crippen MR) is 42.0 cm³/mol. The molecule has 0 aromatic carbocycles. The van der Waals surface area contributed by atoms with E-state index < -0.39 is 27.0 Å². The van der Waals surface area contributed by atoms with E-state index in [0.717, 1.165) is 6.26 Å². The number of amides is 3. The van der Waals surface area contributed by atoms with Gasteiger partial charge in [0.2, 0.25) is 5.91 Å². The van der Waals surface area contributed by atoms with E-state index in [9.17, 15) is 18.0 Å². The van der Waals surface area contributed by atoms with Crippen LogP contribution in [0, 0.1) is 0 Å². The summed E-state index contributed by atoms with van der Waals surface area (Å²) in [6, 6.07) is -1.06. The summed E-state index contributed by atoms with van der Waals surface area (Å²) >= 11 is 0. The Morgan fingerprint density at radius 2 is 1.83 bits per heavy atom. The van der Waals surface area contributed by atoms with Gasteiger partial charge < -0.3 is 5.73 Å². The summed E-state index contributed by atoms with van der Waals surface area (Å²) in [7, 11) is -3.47. The highest BCUT2D eigenvalue weighted by molar-refractivity contribution is 7.92. The van der Waals surface area contributed by atoms with Crippen molar-refractivity contribution in [2.45, 2.75) is 12.2 Å². The molecule has 0 heterocycles. The molecule has 0 bridgehead atoms. The van der Waals surface area contributed by atoms with Crippen molar-refractivity contribution < 1.29 is 18.0 Å². The van der Waals surface area contributed by atoms with Gasteiger partial charge in [-0.25, -0.2) is 13.2 Å². The van der Waals surface area contributed by atoms with Crippen LogP contribution >= 0.6 is 0 Å². The van der Waals surface area contributed by atoms with E-state index in [1.54, 1.807) is 5.32 Å². The molecule has 0 aliphatic rings. The molecular weight excluding hydrogens is 184 g/mol. The first-order valence-corrected chi connectivity index (χ1v) is 4.99. The third kappa shape index (κ3) is 3.33. The lowest BCUT2D eigenvalue weighted by Crippen LogP contribution is -2.43. The number of imide groups is 1. The van der Waals surface area contributed by atoms with Crippen molar-refractivity contribution in [3.05, 3.63) is 0 Å². The fourth-order valence-corrected chi connectivity index (χ4v) is 0.865. The van der Waals surface area contributed by atoms with Crippen LogP contribution in [0.3, 0.4) is 0 Å².